The average Bonchev–Trinajstić information content (AvgIpc) is 3.59. The second-order valence-corrected chi connectivity index (χ2v) is 10.3. The summed E-state index contributed by atoms with van der Waals surface area (Å²) in [7, 11) is -0.486. The summed E-state index contributed by atoms with van der Waals surface area (Å²) >= 11 is 0. The van der Waals surface area contributed by atoms with E-state index in [-0.39, 0.29) is 29.8 Å². The number of hydrogen-bond acceptors (Lipinski definition) is 11. The maximum Gasteiger partial charge on any atom is 0.496 e. The molecule has 1 aliphatic rings. The molecule has 0 saturated heterocycles. The van der Waals surface area contributed by atoms with Gasteiger partial charge < -0.3 is 29.6 Å². The maximum atomic E-state index is 14.4. The molecule has 3 aromatic heterocycles. The van der Waals surface area contributed by atoms with Gasteiger partial charge in [0, 0.05) is 18.3 Å². The van der Waals surface area contributed by atoms with Crippen molar-refractivity contribution in [3.05, 3.63) is 90.0 Å². The minimum Gasteiger partial charge on any atom is -0.408 e. The van der Waals surface area contributed by atoms with E-state index in [4.69, 9.17) is 18.8 Å². The Hall–Kier alpha value is -4.72. The van der Waals surface area contributed by atoms with Crippen molar-refractivity contribution in [3.8, 4) is 22.8 Å². The summed E-state index contributed by atoms with van der Waals surface area (Å²) in [6.07, 6.45) is 1.52. The number of benzene rings is 2. The lowest BCUT2D eigenvalue weighted by Crippen LogP contribution is -2.32. The molecular formula is C30H29BFN7O4. The number of aliphatic hydroxyl groups excluding tert-OH is 1. The summed E-state index contributed by atoms with van der Waals surface area (Å²) in [5.74, 6) is 0.735. The Bertz CT molecular complexity index is 1740. The van der Waals surface area contributed by atoms with E-state index in [1.165, 1.54) is 12.3 Å². The molecule has 218 valence electrons. The zero-order valence-corrected chi connectivity index (χ0v) is 23.8. The van der Waals surface area contributed by atoms with Crippen molar-refractivity contribution < 1.29 is 23.3 Å². The van der Waals surface area contributed by atoms with Crippen LogP contribution < -0.4 is 16.1 Å². The van der Waals surface area contributed by atoms with E-state index in [9.17, 15) is 9.50 Å². The summed E-state index contributed by atoms with van der Waals surface area (Å²) in [6, 6.07) is 18.8. The molecule has 0 radical (unpaired) electrons. The van der Waals surface area contributed by atoms with Crippen LogP contribution in [0.4, 0.5) is 22.0 Å². The first-order chi connectivity index (χ1) is 20.9. The molecule has 0 aliphatic carbocycles. The van der Waals surface area contributed by atoms with Crippen LogP contribution in [0.15, 0.2) is 77.4 Å². The van der Waals surface area contributed by atoms with Crippen molar-refractivity contribution in [2.75, 3.05) is 23.8 Å². The number of rotatable bonds is 10. The van der Waals surface area contributed by atoms with Crippen molar-refractivity contribution >= 4 is 30.2 Å². The van der Waals surface area contributed by atoms with E-state index in [1.807, 2.05) is 57.2 Å². The van der Waals surface area contributed by atoms with Gasteiger partial charge in [-0.15, -0.1) is 0 Å². The highest BCUT2D eigenvalue weighted by atomic mass is 19.1. The third-order valence-corrected chi connectivity index (χ3v) is 6.97. The Balaban J connectivity index is 1.35. The Morgan fingerprint density at radius 2 is 1.79 bits per heavy atom. The molecule has 0 fully saturated rings. The van der Waals surface area contributed by atoms with E-state index in [0.717, 1.165) is 16.7 Å². The molecule has 2 aromatic carbocycles. The third kappa shape index (κ3) is 5.82. The van der Waals surface area contributed by atoms with Crippen LogP contribution >= 0.6 is 0 Å². The fraction of sp³-hybridized carbons (Fsp3) is 0.233. The van der Waals surface area contributed by atoms with Crippen molar-refractivity contribution in [1.29, 1.82) is 0 Å². The molecule has 43 heavy (non-hydrogen) atoms. The standard InChI is InChI=1S/C30H29BFN7O4/c1-4-41-31-21-14-15-24(35-25(21)30(2,3)43-31)36-29-33-16-20(26(38-29)34-23(17-40)18-10-6-5-7-11-18)28-37-27(39-42-28)19-12-8-9-13-22(19)32/h5-16,23,40H,4,17H2,1-3H3,(H2,33,34,35,36,38)/t23-/m1/s1. The number of aromatic nitrogens is 5. The Morgan fingerprint density at radius 3 is 2.56 bits per heavy atom. The van der Waals surface area contributed by atoms with Crippen molar-refractivity contribution in [1.82, 2.24) is 25.1 Å². The summed E-state index contributed by atoms with van der Waals surface area (Å²) in [5.41, 5.74) is 2.37. The first kappa shape index (κ1) is 28.4. The Kier molecular flexibility index (Phi) is 7.85. The smallest absolute Gasteiger partial charge is 0.408 e. The summed E-state index contributed by atoms with van der Waals surface area (Å²) in [6.45, 7) is 6.08. The first-order valence-corrected chi connectivity index (χ1v) is 13.8. The number of aliphatic hydroxyl groups is 1. The second kappa shape index (κ2) is 11.9. The monoisotopic (exact) mass is 581 g/mol. The van der Waals surface area contributed by atoms with E-state index in [2.05, 4.69) is 30.7 Å². The van der Waals surface area contributed by atoms with E-state index in [0.29, 0.717) is 23.8 Å². The van der Waals surface area contributed by atoms with Gasteiger partial charge in [-0.1, -0.05) is 53.7 Å². The lowest BCUT2D eigenvalue weighted by atomic mass is 9.80. The SMILES string of the molecule is CCOB1OC(C)(C)c2nc(Nc3ncc(-c4nc(-c5ccccc5F)no4)c(N[C@H](CO)c4ccccc4)n3)ccc21. The van der Waals surface area contributed by atoms with Gasteiger partial charge >= 0.3 is 7.12 Å². The van der Waals surface area contributed by atoms with Crippen LogP contribution in [0.3, 0.4) is 0 Å². The molecule has 6 rings (SSSR count). The molecule has 0 saturated carbocycles. The van der Waals surface area contributed by atoms with Gasteiger partial charge in [-0.3, -0.25) is 0 Å². The molecule has 1 aliphatic heterocycles. The predicted molar refractivity (Wildman–Crippen MR) is 159 cm³/mol. The normalized spacial score (nSPS) is 14.4. The number of nitrogens with one attached hydrogen (secondary N) is 2. The highest BCUT2D eigenvalue weighted by Crippen LogP contribution is 2.33. The van der Waals surface area contributed by atoms with E-state index in [1.54, 1.807) is 24.3 Å². The van der Waals surface area contributed by atoms with Crippen LogP contribution in [-0.2, 0) is 14.9 Å². The van der Waals surface area contributed by atoms with Gasteiger partial charge in [-0.25, -0.2) is 14.4 Å². The van der Waals surface area contributed by atoms with Gasteiger partial charge in [0.05, 0.1) is 29.5 Å². The fourth-order valence-corrected chi connectivity index (χ4v) is 4.87. The maximum absolute atomic E-state index is 14.4. The van der Waals surface area contributed by atoms with Gasteiger partial charge in [0.15, 0.2) is 0 Å². The third-order valence-electron chi connectivity index (χ3n) is 6.97. The van der Waals surface area contributed by atoms with Crippen LogP contribution in [0, 0.1) is 5.82 Å². The minimum absolute atomic E-state index is 0.0774. The highest BCUT2D eigenvalue weighted by molar-refractivity contribution is 6.63. The summed E-state index contributed by atoms with van der Waals surface area (Å²) in [4.78, 5) is 18.3. The van der Waals surface area contributed by atoms with Gasteiger partial charge in [0.2, 0.25) is 11.8 Å². The van der Waals surface area contributed by atoms with Crippen LogP contribution in [0.5, 0.6) is 0 Å². The fourth-order valence-electron chi connectivity index (χ4n) is 4.87. The molecule has 1 atom stereocenters. The Morgan fingerprint density at radius 1 is 1.00 bits per heavy atom. The molecule has 3 N–H and O–H groups in total. The largest absolute Gasteiger partial charge is 0.496 e. The summed E-state index contributed by atoms with van der Waals surface area (Å²) in [5, 5.41) is 20.6. The quantitative estimate of drug-likeness (QED) is 0.199. The molecule has 0 amide bonds. The predicted octanol–water partition coefficient (Wildman–Crippen LogP) is 4.61. The van der Waals surface area contributed by atoms with Crippen LogP contribution in [-0.4, -0.2) is 50.5 Å². The van der Waals surface area contributed by atoms with Gasteiger partial charge in [0.25, 0.3) is 5.89 Å². The van der Waals surface area contributed by atoms with Gasteiger partial charge in [-0.2, -0.15) is 9.97 Å². The van der Waals surface area contributed by atoms with Crippen LogP contribution in [0.2, 0.25) is 0 Å². The van der Waals surface area contributed by atoms with Crippen molar-refractivity contribution in [3.63, 3.8) is 0 Å². The molecular weight excluding hydrogens is 552 g/mol. The number of hydrogen-bond donors (Lipinski definition) is 3. The lowest BCUT2D eigenvalue weighted by Gasteiger charge is -2.20. The number of pyridine rings is 1. The summed E-state index contributed by atoms with van der Waals surface area (Å²) < 4.78 is 31.7. The average molecular weight is 581 g/mol. The van der Waals surface area contributed by atoms with Gasteiger partial charge in [0.1, 0.15) is 23.0 Å². The molecule has 13 heteroatoms. The highest BCUT2D eigenvalue weighted by Gasteiger charge is 2.44. The van der Waals surface area contributed by atoms with Crippen molar-refractivity contribution in [2.45, 2.75) is 32.4 Å². The molecule has 0 unspecified atom stereocenters. The zero-order chi connectivity index (χ0) is 30.0. The molecule has 11 nitrogen and oxygen atoms in total. The Labute approximate surface area is 247 Å². The van der Waals surface area contributed by atoms with Gasteiger partial charge in [-0.05, 0) is 44.5 Å². The minimum atomic E-state index is -0.651. The topological polar surface area (TPSA) is 140 Å². The lowest BCUT2D eigenvalue weighted by molar-refractivity contribution is 0.0834. The zero-order valence-electron chi connectivity index (χ0n) is 23.8. The number of halogens is 1. The molecule has 0 bridgehead atoms. The van der Waals surface area contributed by atoms with Crippen LogP contribution in [0.1, 0.15) is 38.1 Å². The molecule has 5 aromatic rings. The second-order valence-electron chi connectivity index (χ2n) is 10.3. The van der Waals surface area contributed by atoms with Crippen LogP contribution in [0.25, 0.3) is 22.8 Å². The van der Waals surface area contributed by atoms with Crippen molar-refractivity contribution in [2.24, 2.45) is 0 Å². The number of fused-ring (bicyclic) bond motifs is 1. The van der Waals surface area contributed by atoms with E-state index >= 15 is 0 Å². The first-order valence-electron chi connectivity index (χ1n) is 13.8. The number of nitrogens with zero attached hydrogens (tertiary/aromatic N) is 5. The molecule has 0 spiro atoms. The van der Waals surface area contributed by atoms with E-state index < -0.39 is 24.6 Å². The molecule has 4 heterocycles. The number of anilines is 3.